The molecule has 0 saturated heterocycles. The third-order valence-corrected chi connectivity index (χ3v) is 7.34. The van der Waals surface area contributed by atoms with Gasteiger partial charge in [-0.3, -0.25) is 14.6 Å². The van der Waals surface area contributed by atoms with Crippen molar-refractivity contribution in [1.82, 2.24) is 0 Å². The van der Waals surface area contributed by atoms with Gasteiger partial charge in [-0.2, -0.15) is 0 Å². The van der Waals surface area contributed by atoms with Crippen molar-refractivity contribution in [1.29, 1.82) is 0 Å². The first-order valence-corrected chi connectivity index (χ1v) is 14.3. The normalized spacial score (nSPS) is 14.5. The fraction of sp³-hybridized carbons (Fsp3) is 0.265. The number of hydrogen-bond acceptors (Lipinski definition) is 4. The number of phenolic OH excluding ortho intramolecular Hbond substituents is 1. The molecule has 1 atom stereocenters. The summed E-state index contributed by atoms with van der Waals surface area (Å²) >= 11 is 6.32. The molecule has 1 heterocycles. The molecule has 4 aromatic rings. The number of halogens is 1. The molecule has 0 bridgehead atoms. The zero-order valence-electron chi connectivity index (χ0n) is 23.4. The lowest BCUT2D eigenvalue weighted by molar-refractivity contribution is -0.137. The van der Waals surface area contributed by atoms with Gasteiger partial charge in [0, 0.05) is 36.0 Å². The highest BCUT2D eigenvalue weighted by Crippen LogP contribution is 2.31. The molecule has 4 aromatic carbocycles. The van der Waals surface area contributed by atoms with E-state index in [0.717, 1.165) is 52.4 Å². The average molecular weight is 571 g/mol. The number of likely N-dealkylation sites (N-methyl/N-ethyl adjacent to an activating group) is 1. The molecule has 1 unspecified atom stereocenters. The zero-order valence-corrected chi connectivity index (χ0v) is 24.1. The van der Waals surface area contributed by atoms with E-state index in [2.05, 4.69) is 37.3 Å². The van der Waals surface area contributed by atoms with Gasteiger partial charge in [-0.1, -0.05) is 80.3 Å². The number of benzene rings is 4. The molecule has 0 radical (unpaired) electrons. The van der Waals surface area contributed by atoms with Crippen LogP contribution >= 0.6 is 11.6 Å². The van der Waals surface area contributed by atoms with Crippen molar-refractivity contribution >= 4 is 45.6 Å². The van der Waals surface area contributed by atoms with E-state index in [-0.39, 0.29) is 11.7 Å². The quantitative estimate of drug-likeness (QED) is 0.213. The van der Waals surface area contributed by atoms with Gasteiger partial charge < -0.3 is 15.1 Å². The standard InChI is InChI=1S/C27H21ClN2O2.C7H14O2/c1-30-25-13-10-21(28)16-23(25)26(19-8-11-22(31)12-9-19)29-24(27(30)32)15-17-6-7-18-4-2-3-5-20(18)14-17;1-2-3-4-5-6-7(8)9/h2-14,16,24,31H,15H2,1H3;2-6H2,1H3,(H,8,9). The second-order valence-corrected chi connectivity index (χ2v) is 10.6. The predicted molar refractivity (Wildman–Crippen MR) is 166 cm³/mol. The van der Waals surface area contributed by atoms with Crippen LogP contribution < -0.4 is 4.90 Å². The van der Waals surface area contributed by atoms with Gasteiger partial charge in [0.1, 0.15) is 11.8 Å². The number of phenols is 1. The molecule has 5 rings (SSSR count). The summed E-state index contributed by atoms with van der Waals surface area (Å²) in [4.78, 5) is 30.0. The topological polar surface area (TPSA) is 90.2 Å². The number of aliphatic carboxylic acids is 1. The van der Waals surface area contributed by atoms with Gasteiger partial charge >= 0.3 is 5.97 Å². The number of anilines is 1. The monoisotopic (exact) mass is 570 g/mol. The summed E-state index contributed by atoms with van der Waals surface area (Å²) in [6.07, 6.45) is 5.04. The number of carbonyl (C=O) groups is 2. The smallest absolute Gasteiger partial charge is 0.303 e. The summed E-state index contributed by atoms with van der Waals surface area (Å²) < 4.78 is 0. The Morgan fingerprint density at radius 1 is 0.927 bits per heavy atom. The lowest BCUT2D eigenvalue weighted by atomic mass is 9.99. The molecule has 0 aliphatic carbocycles. The number of rotatable bonds is 8. The maximum absolute atomic E-state index is 13.4. The Balaban J connectivity index is 0.000000374. The lowest BCUT2D eigenvalue weighted by Crippen LogP contribution is -2.36. The number of fused-ring (bicyclic) bond motifs is 2. The molecular weight excluding hydrogens is 536 g/mol. The Morgan fingerprint density at radius 3 is 2.37 bits per heavy atom. The maximum Gasteiger partial charge on any atom is 0.303 e. The lowest BCUT2D eigenvalue weighted by Gasteiger charge is -2.20. The highest BCUT2D eigenvalue weighted by atomic mass is 35.5. The highest BCUT2D eigenvalue weighted by Gasteiger charge is 2.30. The van der Waals surface area contributed by atoms with E-state index in [1.165, 1.54) is 6.42 Å². The summed E-state index contributed by atoms with van der Waals surface area (Å²) in [6.45, 7) is 2.11. The highest BCUT2D eigenvalue weighted by molar-refractivity contribution is 6.32. The van der Waals surface area contributed by atoms with E-state index in [4.69, 9.17) is 21.7 Å². The molecule has 1 aliphatic heterocycles. The third-order valence-electron chi connectivity index (χ3n) is 7.10. The first kappa shape index (κ1) is 29.8. The van der Waals surface area contributed by atoms with Crippen molar-refractivity contribution in [2.45, 2.75) is 51.5 Å². The molecule has 0 spiro atoms. The summed E-state index contributed by atoms with van der Waals surface area (Å²) in [6, 6.07) is 26.2. The maximum atomic E-state index is 13.4. The number of aromatic hydroxyl groups is 1. The van der Waals surface area contributed by atoms with Crippen molar-refractivity contribution in [2.75, 3.05) is 11.9 Å². The van der Waals surface area contributed by atoms with Gasteiger partial charge in [-0.25, -0.2) is 0 Å². The van der Waals surface area contributed by atoms with Crippen LogP contribution in [0.4, 0.5) is 5.69 Å². The molecule has 41 heavy (non-hydrogen) atoms. The number of nitrogens with zero attached hydrogens (tertiary/aromatic N) is 2. The van der Waals surface area contributed by atoms with Gasteiger partial charge in [0.05, 0.1) is 11.4 Å². The van der Waals surface area contributed by atoms with Crippen LogP contribution in [0.1, 0.15) is 55.7 Å². The molecule has 2 N–H and O–H groups in total. The van der Waals surface area contributed by atoms with Crippen LogP contribution in [0.25, 0.3) is 10.8 Å². The summed E-state index contributed by atoms with van der Waals surface area (Å²) in [7, 11) is 1.78. The molecule has 0 saturated carbocycles. The Kier molecular flexibility index (Phi) is 10.1. The molecule has 7 heteroatoms. The summed E-state index contributed by atoms with van der Waals surface area (Å²) in [5.41, 5.74) is 4.10. The van der Waals surface area contributed by atoms with Crippen LogP contribution in [-0.2, 0) is 16.0 Å². The first-order valence-electron chi connectivity index (χ1n) is 13.9. The van der Waals surface area contributed by atoms with Crippen LogP contribution in [0.3, 0.4) is 0 Å². The number of hydrogen-bond donors (Lipinski definition) is 2. The second-order valence-electron chi connectivity index (χ2n) is 10.2. The van der Waals surface area contributed by atoms with Gasteiger partial charge in [-0.05, 0) is 65.2 Å². The number of benzodiazepines with no additional fused rings is 1. The van der Waals surface area contributed by atoms with E-state index >= 15 is 0 Å². The second kappa shape index (κ2) is 14.0. The Bertz CT molecular complexity index is 1550. The van der Waals surface area contributed by atoms with Crippen molar-refractivity contribution < 1.29 is 19.8 Å². The zero-order chi connectivity index (χ0) is 29.4. The minimum Gasteiger partial charge on any atom is -0.508 e. The van der Waals surface area contributed by atoms with Gasteiger partial charge in [0.15, 0.2) is 0 Å². The fourth-order valence-corrected chi connectivity index (χ4v) is 5.06. The molecule has 212 valence electrons. The fourth-order valence-electron chi connectivity index (χ4n) is 4.89. The van der Waals surface area contributed by atoms with Gasteiger partial charge in [0.25, 0.3) is 5.91 Å². The third kappa shape index (κ3) is 7.74. The summed E-state index contributed by atoms with van der Waals surface area (Å²) in [5, 5.41) is 20.8. The van der Waals surface area contributed by atoms with Crippen LogP contribution in [0.15, 0.2) is 89.9 Å². The van der Waals surface area contributed by atoms with Gasteiger partial charge in [0.2, 0.25) is 0 Å². The van der Waals surface area contributed by atoms with Crippen LogP contribution in [-0.4, -0.2) is 40.9 Å². The molecular formula is C34H35ClN2O4. The molecule has 1 aliphatic rings. The van der Waals surface area contributed by atoms with Crippen molar-refractivity contribution in [3.63, 3.8) is 0 Å². The van der Waals surface area contributed by atoms with E-state index in [1.807, 2.05) is 36.4 Å². The first-order chi connectivity index (χ1) is 19.8. The van der Waals surface area contributed by atoms with E-state index in [9.17, 15) is 14.7 Å². The van der Waals surface area contributed by atoms with Crippen LogP contribution in [0.5, 0.6) is 5.75 Å². The minimum absolute atomic E-state index is 0.0736. The number of amides is 1. The Hall–Kier alpha value is -4.16. The average Bonchev–Trinajstić information content (AvgIpc) is 3.06. The van der Waals surface area contributed by atoms with E-state index in [0.29, 0.717) is 23.6 Å². The van der Waals surface area contributed by atoms with Crippen LogP contribution in [0, 0.1) is 0 Å². The Morgan fingerprint density at radius 2 is 1.66 bits per heavy atom. The number of unbranched alkanes of at least 4 members (excludes halogenated alkanes) is 3. The Labute approximate surface area is 245 Å². The van der Waals surface area contributed by atoms with Crippen molar-refractivity contribution in [2.24, 2.45) is 4.99 Å². The van der Waals surface area contributed by atoms with Gasteiger partial charge in [-0.15, -0.1) is 0 Å². The molecule has 6 nitrogen and oxygen atoms in total. The SMILES string of the molecule is CCCCCCC(=O)O.CN1C(=O)C(Cc2ccc3ccccc3c2)N=C(c2ccc(O)cc2)c2cc(Cl)ccc21. The predicted octanol–water partition coefficient (Wildman–Crippen LogP) is 7.67. The molecule has 0 fully saturated rings. The number of carboxylic acids is 1. The van der Waals surface area contributed by atoms with Crippen molar-refractivity contribution in [3.8, 4) is 5.75 Å². The summed E-state index contributed by atoms with van der Waals surface area (Å²) in [5.74, 6) is -0.572. The number of carboxylic acid groups (broad SMARTS) is 1. The minimum atomic E-state index is -0.675. The number of aliphatic imine (C=N–C) groups is 1. The van der Waals surface area contributed by atoms with Crippen molar-refractivity contribution in [3.05, 3.63) is 107 Å². The number of carbonyl (C=O) groups excluding carboxylic acids is 1. The molecule has 1 amide bonds. The van der Waals surface area contributed by atoms with Crippen LogP contribution in [0.2, 0.25) is 5.02 Å². The molecule has 0 aromatic heterocycles. The largest absolute Gasteiger partial charge is 0.508 e. The van der Waals surface area contributed by atoms with E-state index in [1.54, 1.807) is 30.1 Å². The van der Waals surface area contributed by atoms with E-state index < -0.39 is 12.0 Å².